The zero-order valence-electron chi connectivity index (χ0n) is 9.33. The smallest absolute Gasteiger partial charge is 0.139 e. The maximum atomic E-state index is 5.98. The van der Waals surface area contributed by atoms with Crippen molar-refractivity contribution in [3.05, 3.63) is 23.2 Å². The summed E-state index contributed by atoms with van der Waals surface area (Å²) in [6.45, 7) is 0. The molecule has 1 aliphatic heterocycles. The van der Waals surface area contributed by atoms with E-state index in [1.54, 1.807) is 7.11 Å². The van der Waals surface area contributed by atoms with Crippen LogP contribution in [0.4, 0.5) is 5.69 Å². The highest BCUT2D eigenvalue weighted by atomic mass is 35.5. The van der Waals surface area contributed by atoms with Gasteiger partial charge in [-0.1, -0.05) is 11.6 Å². The van der Waals surface area contributed by atoms with Crippen LogP contribution in [0.15, 0.2) is 18.2 Å². The topological polar surface area (TPSA) is 21.3 Å². The quantitative estimate of drug-likeness (QED) is 0.893. The van der Waals surface area contributed by atoms with Crippen LogP contribution in [0.3, 0.4) is 0 Å². The highest BCUT2D eigenvalue weighted by Crippen LogP contribution is 2.29. The van der Waals surface area contributed by atoms with Crippen molar-refractivity contribution in [2.24, 2.45) is 0 Å². The van der Waals surface area contributed by atoms with Crippen LogP contribution in [0, 0.1) is 0 Å². The summed E-state index contributed by atoms with van der Waals surface area (Å²) in [5, 5.41) is 4.19. The van der Waals surface area contributed by atoms with Crippen LogP contribution in [0.5, 0.6) is 5.75 Å². The van der Waals surface area contributed by atoms with Gasteiger partial charge in [0.1, 0.15) is 5.75 Å². The lowest BCUT2D eigenvalue weighted by atomic mass is 10.1. The van der Waals surface area contributed by atoms with E-state index < -0.39 is 0 Å². The van der Waals surface area contributed by atoms with E-state index >= 15 is 0 Å². The lowest BCUT2D eigenvalue weighted by Crippen LogP contribution is -2.24. The lowest BCUT2D eigenvalue weighted by Gasteiger charge is -2.23. The molecule has 1 N–H and O–H groups in total. The first-order chi connectivity index (χ1) is 7.79. The van der Waals surface area contributed by atoms with Crippen molar-refractivity contribution in [3.63, 3.8) is 0 Å². The van der Waals surface area contributed by atoms with Gasteiger partial charge in [-0.05, 0) is 36.5 Å². The number of halogens is 1. The first-order valence-electron chi connectivity index (χ1n) is 5.47. The van der Waals surface area contributed by atoms with Crippen LogP contribution >= 0.6 is 23.4 Å². The van der Waals surface area contributed by atoms with Crippen molar-refractivity contribution in [2.45, 2.75) is 18.9 Å². The molecule has 0 bridgehead atoms. The van der Waals surface area contributed by atoms with E-state index in [0.29, 0.717) is 11.1 Å². The largest absolute Gasteiger partial charge is 0.495 e. The molecule has 1 aliphatic rings. The van der Waals surface area contributed by atoms with Crippen LogP contribution < -0.4 is 10.1 Å². The minimum atomic E-state index is 0.590. The number of anilines is 1. The normalized spacial score (nSPS) is 17.1. The Hall–Kier alpha value is -0.540. The first-order valence-corrected chi connectivity index (χ1v) is 7.00. The van der Waals surface area contributed by atoms with Gasteiger partial charge in [0, 0.05) is 17.8 Å². The van der Waals surface area contributed by atoms with Gasteiger partial charge in [0.15, 0.2) is 0 Å². The molecule has 0 radical (unpaired) electrons. The summed E-state index contributed by atoms with van der Waals surface area (Å²) in [4.78, 5) is 0. The molecule has 1 saturated heterocycles. The number of nitrogens with one attached hydrogen (secondary N) is 1. The van der Waals surface area contributed by atoms with Crippen LogP contribution in [0.1, 0.15) is 12.8 Å². The number of ether oxygens (including phenoxy) is 1. The molecule has 1 aromatic rings. The van der Waals surface area contributed by atoms with Crippen molar-refractivity contribution in [2.75, 3.05) is 23.9 Å². The minimum Gasteiger partial charge on any atom is -0.495 e. The molecule has 0 unspecified atom stereocenters. The third-order valence-corrected chi connectivity index (χ3v) is 4.10. The second-order valence-corrected chi connectivity index (χ2v) is 5.51. The van der Waals surface area contributed by atoms with Gasteiger partial charge in [0.05, 0.1) is 12.1 Å². The Morgan fingerprint density at radius 3 is 2.81 bits per heavy atom. The number of methoxy groups -OCH3 is 1. The predicted octanol–water partition coefficient (Wildman–Crippen LogP) is 3.66. The van der Waals surface area contributed by atoms with E-state index in [-0.39, 0.29) is 0 Å². The zero-order valence-corrected chi connectivity index (χ0v) is 10.9. The number of benzene rings is 1. The van der Waals surface area contributed by atoms with Gasteiger partial charge >= 0.3 is 0 Å². The van der Waals surface area contributed by atoms with Crippen molar-refractivity contribution in [1.82, 2.24) is 0 Å². The SMILES string of the molecule is COc1cc(NC2CCSCC2)ccc1Cl. The number of hydrogen-bond acceptors (Lipinski definition) is 3. The second kappa shape index (κ2) is 5.69. The lowest BCUT2D eigenvalue weighted by molar-refractivity contribution is 0.415. The standard InChI is InChI=1S/C12H16ClNOS/c1-15-12-8-10(2-3-11(12)13)14-9-4-6-16-7-5-9/h2-3,8-9,14H,4-7H2,1H3. The summed E-state index contributed by atoms with van der Waals surface area (Å²) in [7, 11) is 1.64. The Bertz CT molecular complexity index is 353. The van der Waals surface area contributed by atoms with E-state index in [2.05, 4.69) is 5.32 Å². The Balaban J connectivity index is 2.03. The average Bonchev–Trinajstić information content (AvgIpc) is 2.33. The van der Waals surface area contributed by atoms with E-state index in [1.807, 2.05) is 30.0 Å². The van der Waals surface area contributed by atoms with Crippen molar-refractivity contribution >= 4 is 29.1 Å². The van der Waals surface area contributed by atoms with Crippen molar-refractivity contribution in [3.8, 4) is 5.75 Å². The predicted molar refractivity (Wildman–Crippen MR) is 72.0 cm³/mol. The van der Waals surface area contributed by atoms with Crippen molar-refractivity contribution in [1.29, 1.82) is 0 Å². The summed E-state index contributed by atoms with van der Waals surface area (Å²) in [5.74, 6) is 3.24. The average molecular weight is 258 g/mol. The maximum Gasteiger partial charge on any atom is 0.139 e. The van der Waals surface area contributed by atoms with E-state index in [4.69, 9.17) is 16.3 Å². The van der Waals surface area contributed by atoms with Crippen LogP contribution in [0.25, 0.3) is 0 Å². The molecule has 0 aromatic heterocycles. The zero-order chi connectivity index (χ0) is 11.4. The summed E-state index contributed by atoms with van der Waals surface area (Å²) in [5.41, 5.74) is 1.10. The van der Waals surface area contributed by atoms with Gasteiger partial charge in [-0.3, -0.25) is 0 Å². The molecule has 2 rings (SSSR count). The van der Waals surface area contributed by atoms with Crippen molar-refractivity contribution < 1.29 is 4.74 Å². The maximum absolute atomic E-state index is 5.98. The summed E-state index contributed by atoms with van der Waals surface area (Å²) in [6.07, 6.45) is 2.46. The fourth-order valence-electron chi connectivity index (χ4n) is 1.83. The van der Waals surface area contributed by atoms with Gasteiger partial charge < -0.3 is 10.1 Å². The van der Waals surface area contributed by atoms with Crippen LogP contribution in [-0.2, 0) is 0 Å². The molecule has 1 aromatic carbocycles. The second-order valence-electron chi connectivity index (χ2n) is 3.88. The number of thioether (sulfide) groups is 1. The van der Waals surface area contributed by atoms with E-state index in [9.17, 15) is 0 Å². The van der Waals surface area contributed by atoms with Gasteiger partial charge in [0.2, 0.25) is 0 Å². The highest BCUT2D eigenvalue weighted by Gasteiger charge is 2.13. The van der Waals surface area contributed by atoms with Gasteiger partial charge in [-0.15, -0.1) is 0 Å². The van der Waals surface area contributed by atoms with Gasteiger partial charge in [-0.25, -0.2) is 0 Å². The monoisotopic (exact) mass is 257 g/mol. The highest BCUT2D eigenvalue weighted by molar-refractivity contribution is 7.99. The van der Waals surface area contributed by atoms with Gasteiger partial charge in [-0.2, -0.15) is 11.8 Å². The molecule has 0 atom stereocenters. The first kappa shape index (κ1) is 11.9. The fraction of sp³-hybridized carbons (Fsp3) is 0.500. The molecule has 1 fully saturated rings. The number of hydrogen-bond donors (Lipinski definition) is 1. The molecule has 0 spiro atoms. The molecule has 4 heteroatoms. The third-order valence-electron chi connectivity index (χ3n) is 2.74. The molecule has 0 saturated carbocycles. The molecular weight excluding hydrogens is 242 g/mol. The Morgan fingerprint density at radius 2 is 2.12 bits per heavy atom. The molecule has 1 heterocycles. The molecule has 0 amide bonds. The Morgan fingerprint density at radius 1 is 1.38 bits per heavy atom. The van der Waals surface area contributed by atoms with Crippen LogP contribution in [0.2, 0.25) is 5.02 Å². The molecular formula is C12H16ClNOS. The molecule has 2 nitrogen and oxygen atoms in total. The third kappa shape index (κ3) is 2.98. The number of rotatable bonds is 3. The van der Waals surface area contributed by atoms with E-state index in [0.717, 1.165) is 11.4 Å². The summed E-state index contributed by atoms with van der Waals surface area (Å²) >= 11 is 8.02. The summed E-state index contributed by atoms with van der Waals surface area (Å²) in [6, 6.07) is 6.43. The fourth-order valence-corrected chi connectivity index (χ4v) is 3.13. The Kier molecular flexibility index (Phi) is 4.24. The summed E-state index contributed by atoms with van der Waals surface area (Å²) < 4.78 is 5.20. The molecule has 88 valence electrons. The van der Waals surface area contributed by atoms with Crippen LogP contribution in [-0.4, -0.2) is 24.7 Å². The van der Waals surface area contributed by atoms with Gasteiger partial charge in [0.25, 0.3) is 0 Å². The molecule has 16 heavy (non-hydrogen) atoms. The minimum absolute atomic E-state index is 0.590. The molecule has 0 aliphatic carbocycles. The Labute approximate surface area is 106 Å². The van der Waals surface area contributed by atoms with E-state index in [1.165, 1.54) is 24.3 Å².